The molecule has 1 amide bonds. The number of nitrogens with zero attached hydrogens (tertiary/aromatic N) is 2. The fourth-order valence-corrected chi connectivity index (χ4v) is 2.51. The standard InChI is InChI=1S/C16H26N4O.2ClH/c1-12-5-7-20(8-6-12)15-4-3-14(10-18-15)11-19-16(21)9-13(2)17;;/h3-4,10,12-13H,5-9,11,17H2,1-2H3,(H,19,21);2*1H. The maximum atomic E-state index is 11.6. The van der Waals surface area contributed by atoms with E-state index in [2.05, 4.69) is 22.1 Å². The van der Waals surface area contributed by atoms with Crippen molar-refractivity contribution in [3.63, 3.8) is 0 Å². The molecule has 5 nitrogen and oxygen atoms in total. The molecule has 0 bridgehead atoms. The average Bonchev–Trinajstić information content (AvgIpc) is 2.46. The van der Waals surface area contributed by atoms with Crippen molar-refractivity contribution < 1.29 is 4.79 Å². The number of amides is 1. The maximum absolute atomic E-state index is 11.6. The third-order valence-corrected chi connectivity index (χ3v) is 3.91. The van der Waals surface area contributed by atoms with Crippen LogP contribution in [-0.4, -0.2) is 30.0 Å². The van der Waals surface area contributed by atoms with Crippen molar-refractivity contribution in [2.45, 2.75) is 45.7 Å². The highest BCUT2D eigenvalue weighted by molar-refractivity contribution is 5.85. The molecule has 3 N–H and O–H groups in total. The Bertz CT molecular complexity index is 460. The van der Waals surface area contributed by atoms with E-state index in [0.29, 0.717) is 13.0 Å². The van der Waals surface area contributed by atoms with Gasteiger partial charge in [-0.25, -0.2) is 4.98 Å². The second-order valence-corrected chi connectivity index (χ2v) is 6.15. The van der Waals surface area contributed by atoms with E-state index < -0.39 is 0 Å². The number of nitrogens with two attached hydrogens (primary N) is 1. The number of anilines is 1. The molecule has 1 aromatic rings. The molecule has 1 saturated heterocycles. The molecular formula is C16H28Cl2N4O. The minimum absolute atomic E-state index is 0. The SMILES string of the molecule is CC(N)CC(=O)NCc1ccc(N2CCC(C)CC2)nc1.Cl.Cl. The summed E-state index contributed by atoms with van der Waals surface area (Å²) in [6, 6.07) is 3.97. The van der Waals surface area contributed by atoms with Crippen molar-refractivity contribution in [2.24, 2.45) is 11.7 Å². The molecule has 1 aliphatic heterocycles. The van der Waals surface area contributed by atoms with Crippen LogP contribution in [0.15, 0.2) is 18.3 Å². The number of hydrogen-bond acceptors (Lipinski definition) is 4. The van der Waals surface area contributed by atoms with Crippen LogP contribution in [0.4, 0.5) is 5.82 Å². The fourth-order valence-electron chi connectivity index (χ4n) is 2.51. The molecule has 1 unspecified atom stereocenters. The number of carbonyl (C=O) groups excluding carboxylic acids is 1. The molecule has 1 fully saturated rings. The van der Waals surface area contributed by atoms with Gasteiger partial charge < -0.3 is 16.0 Å². The molecule has 0 saturated carbocycles. The molecule has 1 aliphatic rings. The average molecular weight is 363 g/mol. The van der Waals surface area contributed by atoms with E-state index in [0.717, 1.165) is 30.4 Å². The fraction of sp³-hybridized carbons (Fsp3) is 0.625. The Kier molecular flexibility index (Phi) is 10.2. The minimum Gasteiger partial charge on any atom is -0.357 e. The summed E-state index contributed by atoms with van der Waals surface area (Å²) in [5.41, 5.74) is 6.61. The largest absolute Gasteiger partial charge is 0.357 e. The van der Waals surface area contributed by atoms with Gasteiger partial charge in [0.25, 0.3) is 0 Å². The van der Waals surface area contributed by atoms with Gasteiger partial charge in [0.05, 0.1) is 0 Å². The third-order valence-electron chi connectivity index (χ3n) is 3.91. The van der Waals surface area contributed by atoms with Gasteiger partial charge in [-0.05, 0) is 37.3 Å². The van der Waals surface area contributed by atoms with Gasteiger partial charge in [-0.1, -0.05) is 13.0 Å². The first-order valence-electron chi connectivity index (χ1n) is 7.76. The summed E-state index contributed by atoms with van der Waals surface area (Å²) < 4.78 is 0. The summed E-state index contributed by atoms with van der Waals surface area (Å²) in [5, 5.41) is 2.86. The zero-order chi connectivity index (χ0) is 15.2. The topological polar surface area (TPSA) is 71.2 Å². The van der Waals surface area contributed by atoms with E-state index in [1.54, 1.807) is 0 Å². The first kappa shape index (κ1) is 22.0. The summed E-state index contributed by atoms with van der Waals surface area (Å²) >= 11 is 0. The molecule has 2 heterocycles. The summed E-state index contributed by atoms with van der Waals surface area (Å²) in [4.78, 5) is 18.4. The van der Waals surface area contributed by atoms with Gasteiger partial charge in [0, 0.05) is 38.3 Å². The second-order valence-electron chi connectivity index (χ2n) is 6.15. The zero-order valence-corrected chi connectivity index (χ0v) is 15.5. The summed E-state index contributed by atoms with van der Waals surface area (Å²) in [6.45, 7) is 6.81. The molecule has 0 aliphatic carbocycles. The number of rotatable bonds is 5. The molecule has 0 aromatic carbocycles. The van der Waals surface area contributed by atoms with Gasteiger partial charge in [-0.2, -0.15) is 0 Å². The van der Waals surface area contributed by atoms with Crippen LogP contribution in [0.25, 0.3) is 0 Å². The van der Waals surface area contributed by atoms with Gasteiger partial charge >= 0.3 is 0 Å². The van der Waals surface area contributed by atoms with Gasteiger partial charge in [-0.3, -0.25) is 4.79 Å². The molecule has 1 aromatic heterocycles. The maximum Gasteiger partial charge on any atom is 0.221 e. The van der Waals surface area contributed by atoms with Crippen LogP contribution < -0.4 is 16.0 Å². The number of pyridine rings is 1. The van der Waals surface area contributed by atoms with Crippen LogP contribution in [0.1, 0.15) is 38.7 Å². The highest BCUT2D eigenvalue weighted by Gasteiger charge is 2.16. The quantitative estimate of drug-likeness (QED) is 0.843. The minimum atomic E-state index is -0.105. The van der Waals surface area contributed by atoms with E-state index in [9.17, 15) is 4.79 Å². The van der Waals surface area contributed by atoms with Gasteiger partial charge in [0.1, 0.15) is 5.82 Å². The lowest BCUT2D eigenvalue weighted by Gasteiger charge is -2.31. The molecule has 1 atom stereocenters. The van der Waals surface area contributed by atoms with Crippen LogP contribution in [0.3, 0.4) is 0 Å². The van der Waals surface area contributed by atoms with Crippen molar-refractivity contribution in [3.8, 4) is 0 Å². The van der Waals surface area contributed by atoms with Crippen LogP contribution >= 0.6 is 24.8 Å². The number of carbonyl (C=O) groups is 1. The van der Waals surface area contributed by atoms with E-state index in [1.165, 1.54) is 12.8 Å². The van der Waals surface area contributed by atoms with Crippen molar-refractivity contribution in [3.05, 3.63) is 23.9 Å². The summed E-state index contributed by atoms with van der Waals surface area (Å²) in [7, 11) is 0. The Morgan fingerprint density at radius 1 is 1.39 bits per heavy atom. The molecule has 2 rings (SSSR count). The van der Waals surface area contributed by atoms with Crippen molar-refractivity contribution in [1.82, 2.24) is 10.3 Å². The van der Waals surface area contributed by atoms with Crippen LogP contribution in [0, 0.1) is 5.92 Å². The molecule has 7 heteroatoms. The summed E-state index contributed by atoms with van der Waals surface area (Å²) in [6.07, 6.45) is 4.67. The monoisotopic (exact) mass is 362 g/mol. The lowest BCUT2D eigenvalue weighted by atomic mass is 9.99. The third kappa shape index (κ3) is 7.38. The van der Waals surface area contributed by atoms with E-state index >= 15 is 0 Å². The lowest BCUT2D eigenvalue weighted by molar-refractivity contribution is -0.121. The normalized spacial score (nSPS) is 16.0. The van der Waals surface area contributed by atoms with Gasteiger partial charge in [-0.15, -0.1) is 24.8 Å². The van der Waals surface area contributed by atoms with Gasteiger partial charge in [0.2, 0.25) is 5.91 Å². The first-order valence-corrected chi connectivity index (χ1v) is 7.76. The second kappa shape index (κ2) is 10.7. The van der Waals surface area contributed by atoms with E-state index in [-0.39, 0.29) is 36.8 Å². The number of hydrogen-bond donors (Lipinski definition) is 2. The predicted molar refractivity (Wildman–Crippen MR) is 99.5 cm³/mol. The molecule has 23 heavy (non-hydrogen) atoms. The molecule has 0 spiro atoms. The Morgan fingerprint density at radius 2 is 2.04 bits per heavy atom. The first-order chi connectivity index (χ1) is 10.0. The number of nitrogens with one attached hydrogen (secondary N) is 1. The lowest BCUT2D eigenvalue weighted by Crippen LogP contribution is -2.33. The molecular weight excluding hydrogens is 335 g/mol. The predicted octanol–water partition coefficient (Wildman–Crippen LogP) is 2.52. The van der Waals surface area contributed by atoms with E-state index in [4.69, 9.17) is 5.73 Å². The number of aromatic nitrogens is 1. The van der Waals surface area contributed by atoms with Crippen LogP contribution in [-0.2, 0) is 11.3 Å². The summed E-state index contributed by atoms with van der Waals surface area (Å²) in [5.74, 6) is 1.84. The Labute approximate surface area is 151 Å². The number of piperidine rings is 1. The van der Waals surface area contributed by atoms with Crippen LogP contribution in [0.2, 0.25) is 0 Å². The molecule has 0 radical (unpaired) electrons. The smallest absolute Gasteiger partial charge is 0.221 e. The van der Waals surface area contributed by atoms with Crippen molar-refractivity contribution >= 4 is 36.5 Å². The zero-order valence-electron chi connectivity index (χ0n) is 13.8. The van der Waals surface area contributed by atoms with E-state index in [1.807, 2.05) is 25.3 Å². The molecule has 132 valence electrons. The van der Waals surface area contributed by atoms with Crippen LogP contribution in [0.5, 0.6) is 0 Å². The van der Waals surface area contributed by atoms with Gasteiger partial charge in [0.15, 0.2) is 0 Å². The highest BCUT2D eigenvalue weighted by Crippen LogP contribution is 2.21. The highest BCUT2D eigenvalue weighted by atomic mass is 35.5. The Hall–Kier alpha value is -1.04. The number of halogens is 2. The van der Waals surface area contributed by atoms with Crippen molar-refractivity contribution in [2.75, 3.05) is 18.0 Å². The Balaban J connectivity index is 0.00000242. The Morgan fingerprint density at radius 3 is 2.57 bits per heavy atom. The van der Waals surface area contributed by atoms with Crippen molar-refractivity contribution in [1.29, 1.82) is 0 Å².